The number of nitrogens with one attached hydrogen (secondary N) is 1. The average Bonchev–Trinajstić information content (AvgIpc) is 3.28. The van der Waals surface area contributed by atoms with Crippen molar-refractivity contribution in [3.8, 4) is 23.2 Å². The lowest BCUT2D eigenvalue weighted by Crippen LogP contribution is -2.16. The first-order valence-corrected chi connectivity index (χ1v) is 9.06. The molecule has 138 valence electrons. The number of imidazole rings is 1. The van der Waals surface area contributed by atoms with Crippen molar-refractivity contribution in [2.45, 2.75) is 18.3 Å². The van der Waals surface area contributed by atoms with E-state index in [2.05, 4.69) is 19.9 Å². The van der Waals surface area contributed by atoms with Crippen molar-refractivity contribution in [2.75, 3.05) is 6.61 Å². The molecule has 3 aromatic heterocycles. The van der Waals surface area contributed by atoms with Crippen molar-refractivity contribution < 1.29 is 9.47 Å². The van der Waals surface area contributed by atoms with Gasteiger partial charge in [-0.05, 0) is 37.1 Å². The van der Waals surface area contributed by atoms with Gasteiger partial charge in [-0.3, -0.25) is 0 Å². The van der Waals surface area contributed by atoms with Crippen LogP contribution in [0.15, 0.2) is 53.7 Å². The van der Waals surface area contributed by atoms with E-state index < -0.39 is 0 Å². The zero-order valence-corrected chi connectivity index (χ0v) is 14.8. The molecule has 1 aromatic carbocycles. The van der Waals surface area contributed by atoms with Crippen molar-refractivity contribution >= 4 is 11.2 Å². The second-order valence-electron chi connectivity index (χ2n) is 7.15. The summed E-state index contributed by atoms with van der Waals surface area (Å²) in [5, 5.41) is 0. The maximum Gasteiger partial charge on any atom is 0.333 e. The van der Waals surface area contributed by atoms with E-state index >= 15 is 0 Å². The molecular weight excluding hydrogens is 358 g/mol. The molecule has 8 nitrogen and oxygen atoms in total. The highest BCUT2D eigenvalue weighted by atomic mass is 16.5. The van der Waals surface area contributed by atoms with Crippen LogP contribution >= 0.6 is 0 Å². The normalized spacial score (nSPS) is 16.1. The molecule has 4 aromatic rings. The minimum Gasteiger partial charge on any atom is -0.492 e. The Morgan fingerprint density at radius 3 is 2.86 bits per heavy atom. The summed E-state index contributed by atoms with van der Waals surface area (Å²) >= 11 is 0. The van der Waals surface area contributed by atoms with Gasteiger partial charge >= 0.3 is 5.69 Å². The Hall–Kier alpha value is -3.68. The Morgan fingerprint density at radius 2 is 2.04 bits per heavy atom. The average molecular weight is 373 g/mol. The molecule has 1 saturated carbocycles. The third-order valence-corrected chi connectivity index (χ3v) is 5.38. The van der Waals surface area contributed by atoms with Crippen LogP contribution in [0.5, 0.6) is 17.4 Å². The van der Waals surface area contributed by atoms with Crippen LogP contribution in [-0.4, -0.2) is 31.1 Å². The Bertz CT molecular complexity index is 1270. The Kier molecular flexibility index (Phi) is 2.98. The van der Waals surface area contributed by atoms with Crippen molar-refractivity contribution in [3.63, 3.8) is 0 Å². The molecule has 8 heteroatoms. The fourth-order valence-electron chi connectivity index (χ4n) is 3.82. The monoisotopic (exact) mass is 373 g/mol. The number of pyridine rings is 1. The van der Waals surface area contributed by atoms with E-state index in [0.717, 1.165) is 29.9 Å². The van der Waals surface area contributed by atoms with Crippen molar-refractivity contribution in [3.05, 3.63) is 65.0 Å². The van der Waals surface area contributed by atoms with Crippen LogP contribution in [0.25, 0.3) is 17.0 Å². The maximum atomic E-state index is 12.3. The molecule has 28 heavy (non-hydrogen) atoms. The number of hydrogen-bond acceptors (Lipinski definition) is 6. The van der Waals surface area contributed by atoms with Crippen LogP contribution in [0.4, 0.5) is 0 Å². The highest BCUT2D eigenvalue weighted by Crippen LogP contribution is 2.58. The minimum atomic E-state index is -0.314. The first kappa shape index (κ1) is 15.4. The Labute approximate surface area is 158 Å². The van der Waals surface area contributed by atoms with Gasteiger partial charge in [0.25, 0.3) is 0 Å². The minimum absolute atomic E-state index is 0.0995. The highest BCUT2D eigenvalue weighted by Gasteiger charge is 2.52. The van der Waals surface area contributed by atoms with Crippen LogP contribution in [0.2, 0.25) is 0 Å². The Morgan fingerprint density at radius 1 is 1.11 bits per heavy atom. The van der Waals surface area contributed by atoms with E-state index in [1.807, 2.05) is 18.2 Å². The maximum absolute atomic E-state index is 12.3. The molecule has 1 N–H and O–H groups in total. The smallest absolute Gasteiger partial charge is 0.333 e. The van der Waals surface area contributed by atoms with Crippen LogP contribution in [0.3, 0.4) is 0 Å². The molecule has 1 aliphatic heterocycles. The lowest BCUT2D eigenvalue weighted by molar-refractivity contribution is 0.323. The number of nitrogens with zero attached hydrogens (tertiary/aromatic N) is 4. The first-order chi connectivity index (χ1) is 13.7. The summed E-state index contributed by atoms with van der Waals surface area (Å²) in [7, 11) is 0. The van der Waals surface area contributed by atoms with Crippen LogP contribution in [0, 0.1) is 0 Å². The molecule has 0 amide bonds. The van der Waals surface area contributed by atoms with Gasteiger partial charge in [0, 0.05) is 17.2 Å². The fraction of sp³-hybridized carbons (Fsp3) is 0.200. The van der Waals surface area contributed by atoms with Gasteiger partial charge in [0.1, 0.15) is 11.5 Å². The SMILES string of the molecule is O=c1[nH]c2cccnc2n1-c1cnc(Oc2cccc3c2C2(CC2)CO3)cn1. The zero-order chi connectivity index (χ0) is 18.7. The second kappa shape index (κ2) is 5.41. The van der Waals surface area contributed by atoms with Gasteiger partial charge in [-0.2, -0.15) is 0 Å². The van der Waals surface area contributed by atoms with Gasteiger partial charge in [-0.25, -0.2) is 24.3 Å². The number of rotatable bonds is 3. The predicted octanol–water partition coefficient (Wildman–Crippen LogP) is 2.72. The van der Waals surface area contributed by atoms with Crippen LogP contribution in [-0.2, 0) is 5.41 Å². The van der Waals surface area contributed by atoms with E-state index in [1.54, 1.807) is 18.3 Å². The third kappa shape index (κ3) is 2.17. The van der Waals surface area contributed by atoms with E-state index in [4.69, 9.17) is 9.47 Å². The molecule has 1 aliphatic carbocycles. The molecule has 0 saturated heterocycles. The Balaban J connectivity index is 1.36. The topological polar surface area (TPSA) is 94.9 Å². The summed E-state index contributed by atoms with van der Waals surface area (Å²) in [6.45, 7) is 0.712. The number of fused-ring (bicyclic) bond motifs is 3. The lowest BCUT2D eigenvalue weighted by Gasteiger charge is -2.12. The van der Waals surface area contributed by atoms with E-state index in [-0.39, 0.29) is 11.1 Å². The van der Waals surface area contributed by atoms with E-state index in [9.17, 15) is 4.79 Å². The quantitative estimate of drug-likeness (QED) is 0.593. The van der Waals surface area contributed by atoms with E-state index in [0.29, 0.717) is 29.5 Å². The molecule has 6 rings (SSSR count). The fourth-order valence-corrected chi connectivity index (χ4v) is 3.82. The van der Waals surface area contributed by atoms with Gasteiger partial charge in [-0.15, -0.1) is 0 Å². The summed E-state index contributed by atoms with van der Waals surface area (Å²) in [6, 6.07) is 9.36. The van der Waals surface area contributed by atoms with Crippen molar-refractivity contribution in [1.82, 2.24) is 24.5 Å². The standard InChI is InChI=1S/C20H15N5O3/c26-19-24-12-3-2-8-21-18(12)25(19)15-9-23-16(10-22-15)28-14-5-1-4-13-17(14)20(6-7-20)11-27-13/h1-5,8-10H,6-7,11H2,(H,24,26). The summed E-state index contributed by atoms with van der Waals surface area (Å²) in [4.78, 5) is 28.0. The first-order valence-electron chi connectivity index (χ1n) is 9.06. The van der Waals surface area contributed by atoms with Crippen molar-refractivity contribution in [2.24, 2.45) is 0 Å². The zero-order valence-electron chi connectivity index (χ0n) is 14.8. The van der Waals surface area contributed by atoms with Gasteiger partial charge in [0.05, 0.1) is 24.5 Å². The molecular formula is C20H15N5O3. The molecule has 0 radical (unpaired) electrons. The van der Waals surface area contributed by atoms with Gasteiger partial charge in [0.15, 0.2) is 11.5 Å². The number of aromatic amines is 1. The molecule has 0 unspecified atom stereocenters. The van der Waals surface area contributed by atoms with E-state index in [1.165, 1.54) is 17.0 Å². The number of aromatic nitrogens is 5. The highest BCUT2D eigenvalue weighted by molar-refractivity contribution is 5.71. The molecule has 1 spiro atoms. The summed E-state index contributed by atoms with van der Waals surface area (Å²) in [5.41, 5.74) is 2.05. The van der Waals surface area contributed by atoms with Gasteiger partial charge < -0.3 is 14.5 Å². The molecule has 0 bridgehead atoms. The molecule has 4 heterocycles. The summed E-state index contributed by atoms with van der Waals surface area (Å²) in [6.07, 6.45) is 6.87. The van der Waals surface area contributed by atoms with Gasteiger partial charge in [0.2, 0.25) is 5.88 Å². The lowest BCUT2D eigenvalue weighted by atomic mass is 9.97. The van der Waals surface area contributed by atoms with Crippen LogP contribution < -0.4 is 15.2 Å². The number of hydrogen-bond donors (Lipinski definition) is 1. The number of H-pyrrole nitrogens is 1. The molecule has 0 atom stereocenters. The largest absolute Gasteiger partial charge is 0.492 e. The van der Waals surface area contributed by atoms with Crippen molar-refractivity contribution in [1.29, 1.82) is 0 Å². The second-order valence-corrected chi connectivity index (χ2v) is 7.15. The summed E-state index contributed by atoms with van der Waals surface area (Å²) < 4.78 is 13.2. The number of benzene rings is 1. The summed E-state index contributed by atoms with van der Waals surface area (Å²) in [5.74, 6) is 2.37. The predicted molar refractivity (Wildman–Crippen MR) is 100 cm³/mol. The number of ether oxygens (including phenoxy) is 2. The third-order valence-electron chi connectivity index (χ3n) is 5.38. The molecule has 2 aliphatic rings. The van der Waals surface area contributed by atoms with Crippen LogP contribution in [0.1, 0.15) is 18.4 Å². The van der Waals surface area contributed by atoms with Gasteiger partial charge in [-0.1, -0.05) is 6.07 Å². The molecule has 1 fully saturated rings.